The van der Waals surface area contributed by atoms with Crippen molar-refractivity contribution in [3.8, 4) is 6.07 Å². The molecule has 0 unspecified atom stereocenters. The lowest BCUT2D eigenvalue weighted by Crippen LogP contribution is -2.58. The van der Waals surface area contributed by atoms with Crippen molar-refractivity contribution < 1.29 is 9.59 Å². The number of nitrogens with one attached hydrogen (secondary N) is 1. The fourth-order valence-corrected chi connectivity index (χ4v) is 2.25. The quantitative estimate of drug-likeness (QED) is 0.823. The summed E-state index contributed by atoms with van der Waals surface area (Å²) in [5, 5.41) is 12.1. The Kier molecular flexibility index (Phi) is 5.73. The molecule has 1 saturated heterocycles. The highest BCUT2D eigenvalue weighted by Gasteiger charge is 2.34. The maximum atomic E-state index is 12.4. The van der Waals surface area contributed by atoms with Gasteiger partial charge < -0.3 is 10.2 Å². The molecule has 1 fully saturated rings. The van der Waals surface area contributed by atoms with Crippen LogP contribution in [0.15, 0.2) is 0 Å². The lowest BCUT2D eigenvalue weighted by atomic mass is 9.89. The van der Waals surface area contributed by atoms with Gasteiger partial charge in [-0.1, -0.05) is 13.8 Å². The highest BCUT2D eigenvalue weighted by atomic mass is 16.2. The van der Waals surface area contributed by atoms with Gasteiger partial charge in [0.25, 0.3) is 0 Å². The first-order valence-corrected chi connectivity index (χ1v) is 7.44. The maximum Gasteiger partial charge on any atom is 0.238 e. The smallest absolute Gasteiger partial charge is 0.238 e. The maximum absolute atomic E-state index is 12.4. The van der Waals surface area contributed by atoms with E-state index in [1.54, 1.807) is 18.7 Å². The Bertz CT molecular complexity index is 435. The summed E-state index contributed by atoms with van der Waals surface area (Å²) in [5.74, 6) is -0.0270. The van der Waals surface area contributed by atoms with Gasteiger partial charge in [0.1, 0.15) is 5.54 Å². The summed E-state index contributed by atoms with van der Waals surface area (Å²) in [6, 6.07) is 1.88. The van der Waals surface area contributed by atoms with Crippen molar-refractivity contribution in [1.29, 1.82) is 5.26 Å². The summed E-state index contributed by atoms with van der Waals surface area (Å²) in [4.78, 5) is 27.5. The van der Waals surface area contributed by atoms with E-state index >= 15 is 0 Å². The van der Waals surface area contributed by atoms with Crippen LogP contribution in [0.3, 0.4) is 0 Å². The molecule has 118 valence electrons. The Morgan fingerprint density at radius 3 is 2.10 bits per heavy atom. The summed E-state index contributed by atoms with van der Waals surface area (Å²) in [5.41, 5.74) is -0.855. The van der Waals surface area contributed by atoms with E-state index in [1.807, 2.05) is 25.7 Å². The summed E-state index contributed by atoms with van der Waals surface area (Å²) < 4.78 is 0. The van der Waals surface area contributed by atoms with Crippen molar-refractivity contribution in [3.63, 3.8) is 0 Å². The molecular formula is C15H26N4O2. The lowest BCUT2D eigenvalue weighted by molar-refractivity contribution is -0.132. The second kappa shape index (κ2) is 6.90. The van der Waals surface area contributed by atoms with Crippen LogP contribution < -0.4 is 5.32 Å². The van der Waals surface area contributed by atoms with E-state index in [-0.39, 0.29) is 23.8 Å². The number of piperazine rings is 1. The molecule has 0 aliphatic carbocycles. The van der Waals surface area contributed by atoms with Crippen molar-refractivity contribution in [1.82, 2.24) is 15.1 Å². The van der Waals surface area contributed by atoms with E-state index in [2.05, 4.69) is 11.4 Å². The van der Waals surface area contributed by atoms with E-state index < -0.39 is 5.54 Å². The highest BCUT2D eigenvalue weighted by Crippen LogP contribution is 2.16. The number of rotatable bonds is 4. The van der Waals surface area contributed by atoms with E-state index in [0.29, 0.717) is 26.2 Å². The third-order valence-electron chi connectivity index (χ3n) is 4.46. The van der Waals surface area contributed by atoms with Crippen LogP contribution in [0.2, 0.25) is 0 Å². The SMILES string of the molecule is CC(=O)N1CCN([C@@H](C)C(=O)N[C@@](C)(C#N)C(C)C)CC1. The lowest BCUT2D eigenvalue weighted by Gasteiger charge is -2.38. The van der Waals surface area contributed by atoms with Crippen LogP contribution in [0, 0.1) is 17.2 Å². The standard InChI is InChI=1S/C15H26N4O2/c1-11(2)15(5,10-16)17-14(21)12(3)18-6-8-19(9-7-18)13(4)20/h11-12H,6-9H2,1-5H3,(H,17,21)/t12-,15-/m0/s1. The molecular weight excluding hydrogens is 268 g/mol. The molecule has 6 nitrogen and oxygen atoms in total. The Morgan fingerprint density at radius 2 is 1.71 bits per heavy atom. The van der Waals surface area contributed by atoms with Crippen LogP contribution in [0.4, 0.5) is 0 Å². The molecule has 1 aliphatic rings. The van der Waals surface area contributed by atoms with Crippen molar-refractivity contribution >= 4 is 11.8 Å². The Labute approximate surface area is 127 Å². The second-order valence-corrected chi connectivity index (χ2v) is 6.18. The zero-order chi connectivity index (χ0) is 16.2. The van der Waals surface area contributed by atoms with E-state index in [4.69, 9.17) is 0 Å². The van der Waals surface area contributed by atoms with Gasteiger partial charge in [-0.05, 0) is 19.8 Å². The van der Waals surface area contributed by atoms with Crippen LogP contribution >= 0.6 is 0 Å². The normalized spacial score (nSPS) is 20.5. The van der Waals surface area contributed by atoms with Crippen LogP contribution in [-0.4, -0.2) is 59.4 Å². The first-order chi connectivity index (χ1) is 9.71. The van der Waals surface area contributed by atoms with Gasteiger partial charge in [-0.15, -0.1) is 0 Å². The number of amides is 2. The molecule has 0 aromatic carbocycles. The number of carbonyl (C=O) groups is 2. The van der Waals surface area contributed by atoms with Crippen LogP contribution in [0.25, 0.3) is 0 Å². The molecule has 0 aromatic heterocycles. The van der Waals surface area contributed by atoms with Crippen LogP contribution in [0.5, 0.6) is 0 Å². The predicted molar refractivity (Wildman–Crippen MR) is 80.3 cm³/mol. The average Bonchev–Trinajstić information content (AvgIpc) is 2.46. The molecule has 0 aromatic rings. The third-order valence-corrected chi connectivity index (χ3v) is 4.46. The largest absolute Gasteiger partial charge is 0.340 e. The van der Waals surface area contributed by atoms with Crippen molar-refractivity contribution in [2.45, 2.75) is 46.2 Å². The Hall–Kier alpha value is -1.61. The first kappa shape index (κ1) is 17.4. The third kappa shape index (κ3) is 4.18. The molecule has 1 rings (SSSR count). The number of hydrogen-bond acceptors (Lipinski definition) is 4. The van der Waals surface area contributed by atoms with E-state index in [0.717, 1.165) is 0 Å². The van der Waals surface area contributed by atoms with Gasteiger partial charge in [0.15, 0.2) is 0 Å². The van der Waals surface area contributed by atoms with Crippen molar-refractivity contribution in [3.05, 3.63) is 0 Å². The van der Waals surface area contributed by atoms with Gasteiger partial charge in [0.05, 0.1) is 12.1 Å². The Morgan fingerprint density at radius 1 is 1.19 bits per heavy atom. The zero-order valence-electron chi connectivity index (χ0n) is 13.6. The number of carbonyl (C=O) groups excluding carboxylic acids is 2. The summed E-state index contributed by atoms with van der Waals surface area (Å²) in [6.07, 6.45) is 0. The highest BCUT2D eigenvalue weighted by molar-refractivity contribution is 5.82. The molecule has 0 bridgehead atoms. The van der Waals surface area contributed by atoms with Gasteiger partial charge in [0, 0.05) is 33.1 Å². The topological polar surface area (TPSA) is 76.4 Å². The molecule has 2 atom stereocenters. The Balaban J connectivity index is 2.60. The summed E-state index contributed by atoms with van der Waals surface area (Å²) >= 11 is 0. The number of hydrogen-bond donors (Lipinski definition) is 1. The molecule has 6 heteroatoms. The fourth-order valence-electron chi connectivity index (χ4n) is 2.25. The minimum Gasteiger partial charge on any atom is -0.340 e. The van der Waals surface area contributed by atoms with Gasteiger partial charge >= 0.3 is 0 Å². The predicted octanol–water partition coefficient (Wildman–Crippen LogP) is 0.593. The first-order valence-electron chi connectivity index (χ1n) is 7.44. The molecule has 2 amide bonds. The van der Waals surface area contributed by atoms with Gasteiger partial charge in [-0.2, -0.15) is 5.26 Å². The summed E-state index contributed by atoms with van der Waals surface area (Å²) in [6.45, 7) is 11.6. The van der Waals surface area contributed by atoms with Crippen LogP contribution in [-0.2, 0) is 9.59 Å². The fraction of sp³-hybridized carbons (Fsp3) is 0.800. The molecule has 1 aliphatic heterocycles. The molecule has 0 radical (unpaired) electrons. The van der Waals surface area contributed by atoms with Gasteiger partial charge in [-0.25, -0.2) is 0 Å². The van der Waals surface area contributed by atoms with Crippen molar-refractivity contribution in [2.75, 3.05) is 26.2 Å². The zero-order valence-corrected chi connectivity index (χ0v) is 13.6. The molecule has 1 heterocycles. The van der Waals surface area contributed by atoms with Crippen molar-refractivity contribution in [2.24, 2.45) is 5.92 Å². The minimum absolute atomic E-state index is 0.0354. The molecule has 0 saturated carbocycles. The monoisotopic (exact) mass is 294 g/mol. The number of nitriles is 1. The summed E-state index contributed by atoms with van der Waals surface area (Å²) in [7, 11) is 0. The van der Waals surface area contributed by atoms with E-state index in [1.165, 1.54) is 0 Å². The van der Waals surface area contributed by atoms with Gasteiger partial charge in [0.2, 0.25) is 11.8 Å². The minimum atomic E-state index is -0.855. The molecule has 0 spiro atoms. The van der Waals surface area contributed by atoms with E-state index in [9.17, 15) is 14.9 Å². The molecule has 21 heavy (non-hydrogen) atoms. The average molecular weight is 294 g/mol. The van der Waals surface area contributed by atoms with Gasteiger partial charge in [-0.3, -0.25) is 14.5 Å². The second-order valence-electron chi connectivity index (χ2n) is 6.18. The van der Waals surface area contributed by atoms with Crippen LogP contribution in [0.1, 0.15) is 34.6 Å². The molecule has 1 N–H and O–H groups in total. The number of nitrogens with zero attached hydrogens (tertiary/aromatic N) is 3.